The molecule has 1 amide bonds. The summed E-state index contributed by atoms with van der Waals surface area (Å²) in [4.78, 5) is 52.7. The lowest BCUT2D eigenvalue weighted by molar-refractivity contribution is 0.0600. The fourth-order valence-electron chi connectivity index (χ4n) is 3.61. The summed E-state index contributed by atoms with van der Waals surface area (Å²) in [6.07, 6.45) is 0. The van der Waals surface area contributed by atoms with Crippen LogP contribution in [0.1, 0.15) is 31.8 Å². The molecule has 0 fully saturated rings. The van der Waals surface area contributed by atoms with E-state index < -0.39 is 17.2 Å². The normalized spacial score (nSPS) is 10.7. The van der Waals surface area contributed by atoms with E-state index >= 15 is 0 Å². The Bertz CT molecular complexity index is 1500. The molecule has 0 aliphatic carbocycles. The Morgan fingerprint density at radius 3 is 2.20 bits per heavy atom. The van der Waals surface area contributed by atoms with Crippen molar-refractivity contribution >= 4 is 22.8 Å². The molecule has 4 aromatic rings. The van der Waals surface area contributed by atoms with Gasteiger partial charge in [-0.2, -0.15) is 0 Å². The summed E-state index contributed by atoms with van der Waals surface area (Å²) >= 11 is 0. The third-order valence-corrected chi connectivity index (χ3v) is 5.57. The highest BCUT2D eigenvalue weighted by atomic mass is 16.5. The Labute approximate surface area is 199 Å². The molecule has 0 saturated carbocycles. The summed E-state index contributed by atoms with van der Waals surface area (Å²) in [6, 6.07) is 18.3. The van der Waals surface area contributed by atoms with Crippen molar-refractivity contribution in [1.29, 1.82) is 0 Å². The van der Waals surface area contributed by atoms with Crippen LogP contribution in [0.15, 0.2) is 76.3 Å². The van der Waals surface area contributed by atoms with Gasteiger partial charge < -0.3 is 19.8 Å². The summed E-state index contributed by atoms with van der Waals surface area (Å²) in [5.74, 6) is -0.104. The van der Waals surface area contributed by atoms with E-state index in [0.29, 0.717) is 28.8 Å². The molecule has 0 bridgehead atoms. The highest BCUT2D eigenvalue weighted by molar-refractivity contribution is 5.97. The molecule has 2 N–H and O–H groups in total. The second-order valence-electron chi connectivity index (χ2n) is 7.80. The van der Waals surface area contributed by atoms with Crippen LogP contribution in [0.3, 0.4) is 0 Å². The maximum atomic E-state index is 13.1. The van der Waals surface area contributed by atoms with Gasteiger partial charge in [-0.1, -0.05) is 24.3 Å². The molecule has 9 nitrogen and oxygen atoms in total. The van der Waals surface area contributed by atoms with Gasteiger partial charge in [-0.15, -0.1) is 0 Å². The first kappa shape index (κ1) is 23.5. The Balaban J connectivity index is 1.57. The number of aromatic nitrogens is 2. The number of H-pyrrole nitrogens is 1. The summed E-state index contributed by atoms with van der Waals surface area (Å²) in [5, 5.41) is 3.04. The number of carbonyl (C=O) groups excluding carboxylic acids is 2. The highest BCUT2D eigenvalue weighted by Crippen LogP contribution is 2.13. The average molecular weight is 473 g/mol. The highest BCUT2D eigenvalue weighted by Gasteiger charge is 2.13. The van der Waals surface area contributed by atoms with Crippen molar-refractivity contribution in [2.24, 2.45) is 0 Å². The van der Waals surface area contributed by atoms with E-state index in [0.717, 1.165) is 15.9 Å². The number of methoxy groups -OCH3 is 2. The number of amides is 1. The topological polar surface area (TPSA) is 119 Å². The summed E-state index contributed by atoms with van der Waals surface area (Å²) in [7, 11) is 2.87. The molecule has 0 aliphatic heterocycles. The van der Waals surface area contributed by atoms with Gasteiger partial charge in [-0.25, -0.2) is 9.59 Å². The predicted molar refractivity (Wildman–Crippen MR) is 130 cm³/mol. The number of fused-ring (bicyclic) bond motifs is 1. The van der Waals surface area contributed by atoms with Crippen molar-refractivity contribution in [1.82, 2.24) is 14.9 Å². The van der Waals surface area contributed by atoms with Gasteiger partial charge >= 0.3 is 11.7 Å². The van der Waals surface area contributed by atoms with Crippen LogP contribution >= 0.6 is 0 Å². The molecule has 0 atom stereocenters. The SMILES string of the molecule is COC(=O)c1ccc(Cn2c(=O)[nH]c3ccc(C(=O)NCc4ccc(OC)cc4)cc3c2=O)cc1. The number of esters is 1. The zero-order valence-corrected chi connectivity index (χ0v) is 19.2. The second kappa shape index (κ2) is 10.1. The van der Waals surface area contributed by atoms with Crippen LogP contribution in [-0.2, 0) is 17.8 Å². The lowest BCUT2D eigenvalue weighted by Crippen LogP contribution is -2.35. The van der Waals surface area contributed by atoms with Gasteiger partial charge in [0.05, 0.1) is 37.2 Å². The zero-order valence-electron chi connectivity index (χ0n) is 19.2. The van der Waals surface area contributed by atoms with Crippen LogP contribution < -0.4 is 21.3 Å². The monoisotopic (exact) mass is 473 g/mol. The maximum absolute atomic E-state index is 13.1. The summed E-state index contributed by atoms with van der Waals surface area (Å²) in [5.41, 5.74) is 1.44. The Kier molecular flexibility index (Phi) is 6.77. The third-order valence-electron chi connectivity index (χ3n) is 5.57. The molecule has 0 spiro atoms. The predicted octanol–water partition coefficient (Wildman–Crippen LogP) is 2.46. The number of hydrogen-bond acceptors (Lipinski definition) is 6. The van der Waals surface area contributed by atoms with E-state index in [2.05, 4.69) is 15.0 Å². The quantitative estimate of drug-likeness (QED) is 0.398. The van der Waals surface area contributed by atoms with Gasteiger partial charge in [0.2, 0.25) is 0 Å². The molecule has 0 radical (unpaired) electrons. The van der Waals surface area contributed by atoms with Gasteiger partial charge in [-0.3, -0.25) is 14.2 Å². The summed E-state index contributed by atoms with van der Waals surface area (Å²) in [6.45, 7) is 0.303. The first-order chi connectivity index (χ1) is 16.9. The first-order valence-corrected chi connectivity index (χ1v) is 10.7. The molecule has 3 aromatic carbocycles. The fraction of sp³-hybridized carbons (Fsp3) is 0.154. The maximum Gasteiger partial charge on any atom is 0.337 e. The molecule has 0 saturated heterocycles. The lowest BCUT2D eigenvalue weighted by atomic mass is 10.1. The van der Waals surface area contributed by atoms with Gasteiger partial charge in [0.15, 0.2) is 0 Å². The first-order valence-electron chi connectivity index (χ1n) is 10.7. The molecule has 0 unspecified atom stereocenters. The van der Waals surface area contributed by atoms with Crippen molar-refractivity contribution in [2.75, 3.05) is 14.2 Å². The van der Waals surface area contributed by atoms with Crippen LogP contribution in [0.25, 0.3) is 10.9 Å². The number of rotatable bonds is 7. The van der Waals surface area contributed by atoms with Gasteiger partial charge in [0.25, 0.3) is 11.5 Å². The minimum atomic E-state index is -0.573. The number of carbonyl (C=O) groups is 2. The molecular formula is C26H23N3O6. The van der Waals surface area contributed by atoms with Crippen molar-refractivity contribution < 1.29 is 19.1 Å². The summed E-state index contributed by atoms with van der Waals surface area (Å²) < 4.78 is 10.9. The Morgan fingerprint density at radius 2 is 1.54 bits per heavy atom. The third kappa shape index (κ3) is 5.14. The largest absolute Gasteiger partial charge is 0.497 e. The van der Waals surface area contributed by atoms with E-state index in [1.807, 2.05) is 12.1 Å². The molecule has 4 rings (SSSR count). The number of hydrogen-bond donors (Lipinski definition) is 2. The van der Waals surface area contributed by atoms with Crippen molar-refractivity contribution in [3.63, 3.8) is 0 Å². The molecule has 35 heavy (non-hydrogen) atoms. The average Bonchev–Trinajstić information content (AvgIpc) is 2.89. The molecular weight excluding hydrogens is 450 g/mol. The van der Waals surface area contributed by atoms with Crippen molar-refractivity contribution in [3.05, 3.63) is 110 Å². The smallest absolute Gasteiger partial charge is 0.337 e. The van der Waals surface area contributed by atoms with Crippen LogP contribution in [0.5, 0.6) is 5.75 Å². The molecule has 9 heteroatoms. The van der Waals surface area contributed by atoms with Crippen molar-refractivity contribution in [3.8, 4) is 5.75 Å². The van der Waals surface area contributed by atoms with Crippen LogP contribution in [0.2, 0.25) is 0 Å². The molecule has 1 heterocycles. The lowest BCUT2D eigenvalue weighted by Gasteiger charge is -2.09. The van der Waals surface area contributed by atoms with Crippen LogP contribution in [0, 0.1) is 0 Å². The Hall–Kier alpha value is -4.66. The number of nitrogens with one attached hydrogen (secondary N) is 2. The van der Waals surface area contributed by atoms with Crippen LogP contribution in [0.4, 0.5) is 0 Å². The minimum Gasteiger partial charge on any atom is -0.497 e. The van der Waals surface area contributed by atoms with Crippen LogP contribution in [-0.4, -0.2) is 35.6 Å². The number of ether oxygens (including phenoxy) is 2. The van der Waals surface area contributed by atoms with E-state index in [4.69, 9.17) is 4.74 Å². The Morgan fingerprint density at radius 1 is 0.886 bits per heavy atom. The fourth-order valence-corrected chi connectivity index (χ4v) is 3.61. The zero-order chi connectivity index (χ0) is 24.9. The number of aromatic amines is 1. The van der Waals surface area contributed by atoms with E-state index in [-0.39, 0.29) is 17.8 Å². The van der Waals surface area contributed by atoms with Crippen molar-refractivity contribution in [2.45, 2.75) is 13.1 Å². The standard InChI is InChI=1S/C26H23N3O6/c1-34-20-10-5-16(6-11-20)14-27-23(30)19-9-12-22-21(13-19)24(31)29(26(33)28-22)15-17-3-7-18(8-4-17)25(32)35-2/h3-13H,14-15H2,1-2H3,(H,27,30)(H,28,33). The molecule has 178 valence electrons. The van der Waals surface area contributed by atoms with E-state index in [9.17, 15) is 19.2 Å². The molecule has 0 aliphatic rings. The van der Waals surface area contributed by atoms with Gasteiger partial charge in [0.1, 0.15) is 5.75 Å². The van der Waals surface area contributed by atoms with E-state index in [1.165, 1.54) is 19.2 Å². The van der Waals surface area contributed by atoms with E-state index in [1.54, 1.807) is 49.6 Å². The number of benzene rings is 3. The second-order valence-corrected chi connectivity index (χ2v) is 7.80. The van der Waals surface area contributed by atoms with Gasteiger partial charge in [-0.05, 0) is 53.6 Å². The number of nitrogens with zero attached hydrogens (tertiary/aromatic N) is 1. The molecule has 1 aromatic heterocycles. The minimum absolute atomic E-state index is 0.000543. The van der Waals surface area contributed by atoms with Gasteiger partial charge in [0, 0.05) is 12.1 Å².